The topological polar surface area (TPSA) is 57.6 Å². The third-order valence-electron chi connectivity index (χ3n) is 2.72. The molecular formula is C11H10ClNO3S. The first-order chi connectivity index (χ1) is 7.86. The number of carbonyl (C=O) groups is 2. The molecule has 17 heavy (non-hydrogen) atoms. The van der Waals surface area contributed by atoms with Gasteiger partial charge in [-0.1, -0.05) is 23.4 Å². The average molecular weight is 272 g/mol. The number of anilines is 1. The van der Waals surface area contributed by atoms with Gasteiger partial charge >= 0.3 is 5.97 Å². The van der Waals surface area contributed by atoms with E-state index < -0.39 is 16.6 Å². The molecule has 0 radical (unpaired) electrons. The number of hydrogen-bond donors (Lipinski definition) is 1. The van der Waals surface area contributed by atoms with Crippen molar-refractivity contribution in [3.05, 3.63) is 23.2 Å². The van der Waals surface area contributed by atoms with Crippen LogP contribution >= 0.6 is 23.4 Å². The van der Waals surface area contributed by atoms with Crippen LogP contribution in [-0.2, 0) is 9.59 Å². The second-order valence-corrected chi connectivity index (χ2v) is 5.81. The Morgan fingerprint density at radius 3 is 2.76 bits per heavy atom. The molecule has 1 aliphatic heterocycles. The van der Waals surface area contributed by atoms with Crippen LogP contribution in [0.2, 0.25) is 5.02 Å². The predicted molar refractivity (Wildman–Crippen MR) is 66.8 cm³/mol. The fourth-order valence-electron chi connectivity index (χ4n) is 1.67. The number of rotatable bonds is 1. The summed E-state index contributed by atoms with van der Waals surface area (Å²) in [7, 11) is 1.57. The van der Waals surface area contributed by atoms with Gasteiger partial charge in [0.25, 0.3) is 5.91 Å². The standard InChI is InChI=1S/C11H10ClNO3S/c1-11(10(15)16)9(14)13(2)7-4-3-6(12)5-8(7)17-11/h3-5H,1-2H3,(H,15,16). The lowest BCUT2D eigenvalue weighted by atomic mass is 10.1. The smallest absolute Gasteiger partial charge is 0.329 e. The van der Waals surface area contributed by atoms with Crippen LogP contribution in [0.25, 0.3) is 0 Å². The lowest BCUT2D eigenvalue weighted by Gasteiger charge is -2.35. The molecule has 0 bridgehead atoms. The van der Waals surface area contributed by atoms with Crippen LogP contribution in [0.5, 0.6) is 0 Å². The normalized spacial score (nSPS) is 23.5. The number of aliphatic carboxylic acids is 1. The van der Waals surface area contributed by atoms with Crippen molar-refractivity contribution < 1.29 is 14.7 Å². The quantitative estimate of drug-likeness (QED) is 0.796. The molecule has 1 aliphatic rings. The molecule has 6 heteroatoms. The van der Waals surface area contributed by atoms with E-state index in [1.165, 1.54) is 11.8 Å². The highest BCUT2D eigenvalue weighted by Crippen LogP contribution is 2.45. The molecule has 0 spiro atoms. The molecule has 0 aromatic heterocycles. The maximum Gasteiger partial charge on any atom is 0.329 e. The monoisotopic (exact) mass is 271 g/mol. The first-order valence-corrected chi connectivity index (χ1v) is 6.06. The summed E-state index contributed by atoms with van der Waals surface area (Å²) in [5.74, 6) is -1.59. The van der Waals surface area contributed by atoms with E-state index >= 15 is 0 Å². The van der Waals surface area contributed by atoms with Crippen molar-refractivity contribution in [1.29, 1.82) is 0 Å². The lowest BCUT2D eigenvalue weighted by molar-refractivity contribution is -0.143. The lowest BCUT2D eigenvalue weighted by Crippen LogP contribution is -2.51. The number of carboxylic acids is 1. The number of benzene rings is 1. The Bertz CT molecular complexity index is 519. The second-order valence-electron chi connectivity index (χ2n) is 3.92. The summed E-state index contributed by atoms with van der Waals surface area (Å²) in [5.41, 5.74) is 0.683. The van der Waals surface area contributed by atoms with Crippen LogP contribution in [0.4, 0.5) is 5.69 Å². The van der Waals surface area contributed by atoms with E-state index in [4.69, 9.17) is 11.6 Å². The Kier molecular flexibility index (Phi) is 2.83. The van der Waals surface area contributed by atoms with Crippen LogP contribution < -0.4 is 4.90 Å². The second kappa shape index (κ2) is 3.92. The van der Waals surface area contributed by atoms with E-state index in [1.807, 2.05) is 0 Å². The maximum absolute atomic E-state index is 12.0. The number of carbonyl (C=O) groups excluding carboxylic acids is 1. The molecule has 1 N–H and O–H groups in total. The molecule has 0 fully saturated rings. The predicted octanol–water partition coefficient (Wildman–Crippen LogP) is 2.25. The molecule has 1 atom stereocenters. The van der Waals surface area contributed by atoms with Gasteiger partial charge in [0.1, 0.15) is 0 Å². The Balaban J connectivity index is 2.58. The van der Waals surface area contributed by atoms with Gasteiger partial charge < -0.3 is 10.0 Å². The summed E-state index contributed by atoms with van der Waals surface area (Å²) in [6, 6.07) is 5.06. The van der Waals surface area contributed by atoms with Crippen LogP contribution in [0.15, 0.2) is 23.1 Å². The summed E-state index contributed by atoms with van der Waals surface area (Å²) < 4.78 is -1.49. The minimum atomic E-state index is -1.49. The molecule has 1 amide bonds. The van der Waals surface area contributed by atoms with E-state index in [0.717, 1.165) is 11.8 Å². The number of fused-ring (bicyclic) bond motifs is 1. The van der Waals surface area contributed by atoms with Gasteiger partial charge in [0.15, 0.2) is 4.75 Å². The van der Waals surface area contributed by atoms with Crippen LogP contribution in [-0.4, -0.2) is 28.8 Å². The highest BCUT2D eigenvalue weighted by Gasteiger charge is 2.48. The third-order valence-corrected chi connectivity index (χ3v) is 4.26. The molecule has 4 nitrogen and oxygen atoms in total. The zero-order valence-corrected chi connectivity index (χ0v) is 10.8. The fourth-order valence-corrected chi connectivity index (χ4v) is 3.16. The average Bonchev–Trinajstić information content (AvgIpc) is 2.25. The van der Waals surface area contributed by atoms with Crippen molar-refractivity contribution in [3.8, 4) is 0 Å². The fraction of sp³-hybridized carbons (Fsp3) is 0.273. The highest BCUT2D eigenvalue weighted by molar-refractivity contribution is 8.02. The molecule has 1 unspecified atom stereocenters. The summed E-state index contributed by atoms with van der Waals surface area (Å²) in [5, 5.41) is 9.70. The third kappa shape index (κ3) is 1.79. The molecule has 0 saturated heterocycles. The number of nitrogens with zero attached hydrogens (tertiary/aromatic N) is 1. The van der Waals surface area contributed by atoms with Crippen molar-refractivity contribution in [2.75, 3.05) is 11.9 Å². The highest BCUT2D eigenvalue weighted by atomic mass is 35.5. The van der Waals surface area contributed by atoms with Gasteiger partial charge in [-0.25, -0.2) is 0 Å². The van der Waals surface area contributed by atoms with E-state index in [0.29, 0.717) is 15.6 Å². The van der Waals surface area contributed by atoms with Crippen molar-refractivity contribution in [2.24, 2.45) is 0 Å². The number of amides is 1. The summed E-state index contributed by atoms with van der Waals surface area (Å²) >= 11 is 6.89. The van der Waals surface area contributed by atoms with Crippen molar-refractivity contribution >= 4 is 40.9 Å². The molecule has 0 saturated carbocycles. The van der Waals surface area contributed by atoms with Gasteiger partial charge in [0.05, 0.1) is 5.69 Å². The van der Waals surface area contributed by atoms with Crippen molar-refractivity contribution in [1.82, 2.24) is 0 Å². The number of carboxylic acid groups (broad SMARTS) is 1. The number of hydrogen-bond acceptors (Lipinski definition) is 3. The number of halogens is 1. The van der Waals surface area contributed by atoms with Gasteiger partial charge in [-0.15, -0.1) is 0 Å². The minimum Gasteiger partial charge on any atom is -0.480 e. The molecular weight excluding hydrogens is 262 g/mol. The van der Waals surface area contributed by atoms with Gasteiger partial charge in [-0.05, 0) is 25.1 Å². The van der Waals surface area contributed by atoms with Crippen LogP contribution in [0, 0.1) is 0 Å². The summed E-state index contributed by atoms with van der Waals surface area (Å²) in [6.07, 6.45) is 0. The minimum absolute atomic E-state index is 0.440. The van der Waals surface area contributed by atoms with Crippen molar-refractivity contribution in [2.45, 2.75) is 16.6 Å². The van der Waals surface area contributed by atoms with Crippen LogP contribution in [0.1, 0.15) is 6.92 Å². The van der Waals surface area contributed by atoms with E-state index in [9.17, 15) is 14.7 Å². The van der Waals surface area contributed by atoms with E-state index in [-0.39, 0.29) is 0 Å². The van der Waals surface area contributed by atoms with Crippen LogP contribution in [0.3, 0.4) is 0 Å². The first-order valence-electron chi connectivity index (χ1n) is 4.86. The Labute approximate surface area is 108 Å². The molecule has 1 aromatic carbocycles. The summed E-state index contributed by atoms with van der Waals surface area (Å²) in [6.45, 7) is 1.41. The largest absolute Gasteiger partial charge is 0.480 e. The van der Waals surface area contributed by atoms with Gasteiger partial charge in [-0.3, -0.25) is 9.59 Å². The van der Waals surface area contributed by atoms with Gasteiger partial charge in [0.2, 0.25) is 0 Å². The maximum atomic E-state index is 12.0. The Morgan fingerprint density at radius 1 is 1.53 bits per heavy atom. The molecule has 1 heterocycles. The molecule has 0 aliphatic carbocycles. The first kappa shape index (κ1) is 12.3. The van der Waals surface area contributed by atoms with Gasteiger partial charge in [-0.2, -0.15) is 0 Å². The zero-order valence-electron chi connectivity index (χ0n) is 9.23. The molecule has 90 valence electrons. The van der Waals surface area contributed by atoms with E-state index in [2.05, 4.69) is 0 Å². The Morgan fingerprint density at radius 2 is 2.18 bits per heavy atom. The molecule has 1 aromatic rings. The summed E-state index contributed by atoms with van der Waals surface area (Å²) in [4.78, 5) is 25.3. The van der Waals surface area contributed by atoms with E-state index in [1.54, 1.807) is 25.2 Å². The van der Waals surface area contributed by atoms with Crippen molar-refractivity contribution in [3.63, 3.8) is 0 Å². The molecule has 2 rings (SSSR count). The number of thioether (sulfide) groups is 1. The SMILES string of the molecule is CN1C(=O)C(C)(C(=O)O)Sc2cc(Cl)ccc21. The Hall–Kier alpha value is -1.20. The zero-order chi connectivity index (χ0) is 12.8. The van der Waals surface area contributed by atoms with Gasteiger partial charge in [0, 0.05) is 17.0 Å².